The summed E-state index contributed by atoms with van der Waals surface area (Å²) in [5.74, 6) is -0.182. The van der Waals surface area contributed by atoms with E-state index in [2.05, 4.69) is 5.32 Å². The first-order valence-corrected chi connectivity index (χ1v) is 12.0. The molecule has 2 aromatic rings. The van der Waals surface area contributed by atoms with Crippen molar-refractivity contribution in [3.63, 3.8) is 0 Å². The molecular formula is C26H31N5O3. The Labute approximate surface area is 199 Å². The van der Waals surface area contributed by atoms with Gasteiger partial charge < -0.3 is 26.0 Å². The molecule has 8 nitrogen and oxygen atoms in total. The fourth-order valence-electron chi connectivity index (χ4n) is 5.67. The van der Waals surface area contributed by atoms with E-state index in [-0.39, 0.29) is 11.9 Å². The van der Waals surface area contributed by atoms with Crippen LogP contribution < -0.4 is 11.1 Å². The molecule has 0 bridgehead atoms. The number of amides is 2. The number of hydrogen-bond donors (Lipinski definition) is 4. The Morgan fingerprint density at radius 1 is 1.00 bits per heavy atom. The number of likely N-dealkylation sites (tertiary alicyclic amines) is 2. The molecule has 2 fully saturated rings. The molecule has 178 valence electrons. The number of fused-ring (bicyclic) bond motifs is 3. The topological polar surface area (TPSA) is 123 Å². The van der Waals surface area contributed by atoms with E-state index in [1.54, 1.807) is 17.0 Å². The van der Waals surface area contributed by atoms with Crippen molar-refractivity contribution in [1.29, 1.82) is 5.41 Å². The Kier molecular flexibility index (Phi) is 5.77. The number of hydrogen-bond acceptors (Lipinski definition) is 4. The van der Waals surface area contributed by atoms with Gasteiger partial charge in [-0.1, -0.05) is 48.5 Å². The summed E-state index contributed by atoms with van der Waals surface area (Å²) in [7, 11) is 0. The van der Waals surface area contributed by atoms with Crippen LogP contribution in [-0.4, -0.2) is 64.9 Å². The Hall–Kier alpha value is -3.39. The molecular weight excluding hydrogens is 430 g/mol. The largest absolute Gasteiger partial charge is 0.372 e. The van der Waals surface area contributed by atoms with Crippen LogP contribution in [0.15, 0.2) is 48.5 Å². The molecule has 0 aromatic heterocycles. The molecule has 0 spiro atoms. The van der Waals surface area contributed by atoms with Crippen molar-refractivity contribution < 1.29 is 14.7 Å². The van der Waals surface area contributed by atoms with E-state index < -0.39 is 17.6 Å². The van der Waals surface area contributed by atoms with Crippen molar-refractivity contribution in [3.8, 4) is 11.1 Å². The summed E-state index contributed by atoms with van der Waals surface area (Å²) in [6, 6.07) is 14.3. The van der Waals surface area contributed by atoms with Gasteiger partial charge in [0.15, 0.2) is 11.6 Å². The minimum atomic E-state index is -1.80. The lowest BCUT2D eigenvalue weighted by Crippen LogP contribution is -2.53. The SMILES string of the molecule is N=C(N)N1CCC(CNC(=O)C2CCCN2C(=O)C2(O)c3ccccc3-c3ccccc32)CC1. The zero-order chi connectivity index (χ0) is 23.9. The number of carbonyl (C=O) groups excluding carboxylic acids is 2. The zero-order valence-corrected chi connectivity index (χ0v) is 19.2. The van der Waals surface area contributed by atoms with Crippen molar-refractivity contribution in [2.45, 2.75) is 37.3 Å². The number of carbonyl (C=O) groups is 2. The van der Waals surface area contributed by atoms with E-state index in [0.717, 1.165) is 43.5 Å². The predicted molar refractivity (Wildman–Crippen MR) is 129 cm³/mol. The lowest BCUT2D eigenvalue weighted by atomic mass is 9.89. The molecule has 0 radical (unpaired) electrons. The lowest BCUT2D eigenvalue weighted by Gasteiger charge is -2.34. The van der Waals surface area contributed by atoms with Gasteiger partial charge in [0.2, 0.25) is 5.91 Å². The average Bonchev–Trinajstić information content (AvgIpc) is 3.45. The van der Waals surface area contributed by atoms with Crippen LogP contribution in [0.5, 0.6) is 0 Å². The molecule has 34 heavy (non-hydrogen) atoms. The van der Waals surface area contributed by atoms with Crippen LogP contribution >= 0.6 is 0 Å². The fraction of sp³-hybridized carbons (Fsp3) is 0.423. The lowest BCUT2D eigenvalue weighted by molar-refractivity contribution is -0.151. The quantitative estimate of drug-likeness (QED) is 0.407. The van der Waals surface area contributed by atoms with E-state index in [9.17, 15) is 14.7 Å². The summed E-state index contributed by atoms with van der Waals surface area (Å²) >= 11 is 0. The zero-order valence-electron chi connectivity index (χ0n) is 19.2. The Morgan fingerprint density at radius 3 is 2.18 bits per heavy atom. The van der Waals surface area contributed by atoms with Crippen molar-refractivity contribution in [3.05, 3.63) is 59.7 Å². The van der Waals surface area contributed by atoms with Gasteiger partial charge in [-0.25, -0.2) is 0 Å². The molecule has 1 aliphatic carbocycles. The van der Waals surface area contributed by atoms with Crippen LogP contribution in [0.2, 0.25) is 0 Å². The number of nitrogens with two attached hydrogens (primary N) is 1. The Balaban J connectivity index is 1.31. The molecule has 8 heteroatoms. The van der Waals surface area contributed by atoms with Gasteiger partial charge in [-0.3, -0.25) is 15.0 Å². The summed E-state index contributed by atoms with van der Waals surface area (Å²) < 4.78 is 0. The highest BCUT2D eigenvalue weighted by atomic mass is 16.3. The second kappa shape index (κ2) is 8.76. The third-order valence-electron chi connectivity index (χ3n) is 7.57. The van der Waals surface area contributed by atoms with Crippen molar-refractivity contribution >= 4 is 17.8 Å². The molecule has 3 aliphatic rings. The Morgan fingerprint density at radius 2 is 1.59 bits per heavy atom. The summed E-state index contributed by atoms with van der Waals surface area (Å²) in [5, 5.41) is 22.5. The van der Waals surface area contributed by atoms with Gasteiger partial charge in [-0.2, -0.15) is 0 Å². The number of piperidine rings is 1. The molecule has 2 aliphatic heterocycles. The number of benzene rings is 2. The highest BCUT2D eigenvalue weighted by Gasteiger charge is 2.52. The van der Waals surface area contributed by atoms with Crippen LogP contribution in [0.3, 0.4) is 0 Å². The maximum absolute atomic E-state index is 13.9. The monoisotopic (exact) mass is 461 g/mol. The van der Waals surface area contributed by atoms with Gasteiger partial charge in [-0.05, 0) is 42.7 Å². The first-order valence-electron chi connectivity index (χ1n) is 12.0. The number of rotatable bonds is 4. The second-order valence-corrected chi connectivity index (χ2v) is 9.52. The number of nitrogens with one attached hydrogen (secondary N) is 2. The molecule has 2 heterocycles. The maximum atomic E-state index is 13.9. The minimum Gasteiger partial charge on any atom is -0.372 e. The molecule has 0 saturated carbocycles. The van der Waals surface area contributed by atoms with Gasteiger partial charge in [0.1, 0.15) is 6.04 Å². The minimum absolute atomic E-state index is 0.0931. The Bertz CT molecular complexity index is 1080. The van der Waals surface area contributed by atoms with E-state index in [4.69, 9.17) is 11.1 Å². The maximum Gasteiger partial charge on any atom is 0.264 e. The van der Waals surface area contributed by atoms with Crippen LogP contribution in [0.1, 0.15) is 36.8 Å². The van der Waals surface area contributed by atoms with E-state index in [0.29, 0.717) is 36.6 Å². The fourth-order valence-corrected chi connectivity index (χ4v) is 5.67. The number of nitrogens with zero attached hydrogens (tertiary/aromatic N) is 2. The van der Waals surface area contributed by atoms with Gasteiger partial charge in [0, 0.05) is 37.3 Å². The average molecular weight is 462 g/mol. The second-order valence-electron chi connectivity index (χ2n) is 9.52. The predicted octanol–water partition coefficient (Wildman–Crippen LogP) is 1.62. The first-order chi connectivity index (χ1) is 16.4. The van der Waals surface area contributed by atoms with Crippen molar-refractivity contribution in [1.82, 2.24) is 15.1 Å². The van der Waals surface area contributed by atoms with Gasteiger partial charge >= 0.3 is 0 Å². The molecule has 2 amide bonds. The smallest absolute Gasteiger partial charge is 0.264 e. The van der Waals surface area contributed by atoms with E-state index >= 15 is 0 Å². The number of aliphatic hydroxyl groups is 1. The molecule has 2 saturated heterocycles. The van der Waals surface area contributed by atoms with E-state index in [1.165, 1.54) is 0 Å². The van der Waals surface area contributed by atoms with E-state index in [1.807, 2.05) is 41.3 Å². The standard InChI is InChI=1S/C26H31N5O3/c27-25(28)30-14-11-17(12-15-30)16-29-23(32)22-10-5-13-31(22)24(33)26(34)20-8-3-1-6-18(20)19-7-2-4-9-21(19)26/h1-4,6-9,17,22,34H,5,10-16H2,(H3,27,28)(H,29,32). The van der Waals surface area contributed by atoms with Crippen molar-refractivity contribution in [2.24, 2.45) is 11.7 Å². The normalized spacial score (nSPS) is 21.1. The van der Waals surface area contributed by atoms with Gasteiger partial charge in [-0.15, -0.1) is 0 Å². The van der Waals surface area contributed by atoms with Crippen LogP contribution in [0.25, 0.3) is 11.1 Å². The van der Waals surface area contributed by atoms with Crippen LogP contribution in [0, 0.1) is 11.3 Å². The molecule has 1 atom stereocenters. The third-order valence-corrected chi connectivity index (χ3v) is 7.57. The number of guanidine groups is 1. The summed E-state index contributed by atoms with van der Waals surface area (Å²) in [5.41, 5.74) is 6.62. The summed E-state index contributed by atoms with van der Waals surface area (Å²) in [6.45, 7) is 2.42. The highest BCUT2D eigenvalue weighted by Crippen LogP contribution is 2.48. The van der Waals surface area contributed by atoms with Gasteiger partial charge in [0.25, 0.3) is 5.91 Å². The summed E-state index contributed by atoms with van der Waals surface area (Å²) in [4.78, 5) is 30.4. The van der Waals surface area contributed by atoms with Crippen LogP contribution in [-0.2, 0) is 15.2 Å². The third kappa shape index (κ3) is 3.62. The van der Waals surface area contributed by atoms with Crippen LogP contribution in [0.4, 0.5) is 0 Å². The first kappa shape index (κ1) is 22.4. The van der Waals surface area contributed by atoms with Gasteiger partial charge in [0.05, 0.1) is 0 Å². The summed E-state index contributed by atoms with van der Waals surface area (Å²) in [6.07, 6.45) is 3.03. The molecule has 2 aromatic carbocycles. The molecule has 1 unspecified atom stereocenters. The highest BCUT2D eigenvalue weighted by molar-refractivity contribution is 6.00. The molecule has 5 N–H and O–H groups in total. The molecule has 5 rings (SSSR count). The van der Waals surface area contributed by atoms with Crippen molar-refractivity contribution in [2.75, 3.05) is 26.2 Å².